The molecule has 2 fully saturated rings. The Balaban J connectivity index is 1.64. The Morgan fingerprint density at radius 1 is 1.42 bits per heavy atom. The molecule has 2 N–H and O–H groups in total. The minimum absolute atomic E-state index is 0.277. The zero-order chi connectivity index (χ0) is 13.9. The van der Waals surface area contributed by atoms with Gasteiger partial charge in [0.05, 0.1) is 12.6 Å². The van der Waals surface area contributed by atoms with Gasteiger partial charge in [-0.2, -0.15) is 0 Å². The Kier molecular flexibility index (Phi) is 4.76. The van der Waals surface area contributed by atoms with Crippen molar-refractivity contribution in [1.29, 1.82) is 0 Å². The molecule has 5 heteroatoms. The molecule has 3 unspecified atom stereocenters. The van der Waals surface area contributed by atoms with E-state index in [1.165, 1.54) is 25.7 Å². The fraction of sp³-hybridized carbons (Fsp3) is 0.929. The summed E-state index contributed by atoms with van der Waals surface area (Å²) in [5.74, 6) is -1.55. The molecular weight excluding hydrogens is 250 g/mol. The van der Waals surface area contributed by atoms with E-state index in [0.29, 0.717) is 12.5 Å². The highest BCUT2D eigenvalue weighted by atomic mass is 19.3. The molecule has 1 saturated heterocycles. The monoisotopic (exact) mass is 274 g/mol. The van der Waals surface area contributed by atoms with Crippen LogP contribution in [0, 0.1) is 11.8 Å². The molecule has 1 heterocycles. The zero-order valence-corrected chi connectivity index (χ0v) is 11.6. The van der Waals surface area contributed by atoms with Crippen LogP contribution >= 0.6 is 0 Å². The maximum Gasteiger partial charge on any atom is 0.262 e. The number of nitrogens with one attached hydrogen (secondary N) is 2. The number of hydrogen-bond acceptors (Lipinski definition) is 2. The fourth-order valence-electron chi connectivity index (χ4n) is 3.25. The van der Waals surface area contributed by atoms with E-state index in [1.807, 2.05) is 0 Å². The van der Waals surface area contributed by atoms with Gasteiger partial charge in [-0.1, -0.05) is 26.2 Å². The molecule has 1 amide bonds. The van der Waals surface area contributed by atoms with Gasteiger partial charge in [-0.15, -0.1) is 0 Å². The molecule has 3 nitrogen and oxygen atoms in total. The highest BCUT2D eigenvalue weighted by Crippen LogP contribution is 2.30. The summed E-state index contributed by atoms with van der Waals surface area (Å²) in [5, 5.41) is 5.37. The quantitative estimate of drug-likeness (QED) is 0.826. The molecule has 19 heavy (non-hydrogen) atoms. The highest BCUT2D eigenvalue weighted by molar-refractivity contribution is 5.82. The van der Waals surface area contributed by atoms with Crippen LogP contribution in [-0.2, 0) is 4.79 Å². The highest BCUT2D eigenvalue weighted by Gasteiger charge is 2.42. The topological polar surface area (TPSA) is 41.1 Å². The number of amides is 1. The molecule has 1 aliphatic heterocycles. The normalized spacial score (nSPS) is 34.2. The Morgan fingerprint density at radius 3 is 2.84 bits per heavy atom. The third-order valence-corrected chi connectivity index (χ3v) is 4.32. The number of hydrogen-bond donors (Lipinski definition) is 2. The minimum atomic E-state index is -2.74. The summed E-state index contributed by atoms with van der Waals surface area (Å²) in [5.41, 5.74) is 0. The number of carbonyl (C=O) groups excluding carboxylic acids is 1. The Morgan fingerprint density at radius 2 is 2.21 bits per heavy atom. The lowest BCUT2D eigenvalue weighted by molar-refractivity contribution is -0.123. The van der Waals surface area contributed by atoms with Crippen LogP contribution in [0.1, 0.15) is 45.4 Å². The van der Waals surface area contributed by atoms with Crippen molar-refractivity contribution in [2.45, 2.75) is 57.4 Å². The second kappa shape index (κ2) is 6.16. The predicted octanol–water partition coefficient (Wildman–Crippen LogP) is 2.32. The maximum absolute atomic E-state index is 13.0. The molecule has 3 atom stereocenters. The van der Waals surface area contributed by atoms with Crippen molar-refractivity contribution in [3.05, 3.63) is 0 Å². The van der Waals surface area contributed by atoms with Gasteiger partial charge in [0.2, 0.25) is 5.91 Å². The summed E-state index contributed by atoms with van der Waals surface area (Å²) >= 11 is 0. The van der Waals surface area contributed by atoms with Crippen molar-refractivity contribution >= 4 is 5.91 Å². The smallest absolute Gasteiger partial charge is 0.262 e. The van der Waals surface area contributed by atoms with Gasteiger partial charge in [-0.25, -0.2) is 8.78 Å². The zero-order valence-electron chi connectivity index (χ0n) is 11.6. The molecule has 110 valence electrons. The summed E-state index contributed by atoms with van der Waals surface area (Å²) in [6.45, 7) is 2.50. The number of rotatable bonds is 4. The maximum atomic E-state index is 13.0. The van der Waals surface area contributed by atoms with Crippen molar-refractivity contribution in [3.8, 4) is 0 Å². The lowest BCUT2D eigenvalue weighted by atomic mass is 9.81. The van der Waals surface area contributed by atoms with Crippen LogP contribution in [0.3, 0.4) is 0 Å². The van der Waals surface area contributed by atoms with Crippen molar-refractivity contribution in [1.82, 2.24) is 10.6 Å². The average molecular weight is 274 g/mol. The fourth-order valence-corrected chi connectivity index (χ4v) is 3.25. The molecule has 1 saturated carbocycles. The van der Waals surface area contributed by atoms with Crippen molar-refractivity contribution in [2.75, 3.05) is 13.1 Å². The van der Waals surface area contributed by atoms with E-state index in [-0.39, 0.29) is 18.9 Å². The first-order valence-corrected chi connectivity index (χ1v) is 7.35. The van der Waals surface area contributed by atoms with E-state index in [9.17, 15) is 13.6 Å². The van der Waals surface area contributed by atoms with E-state index >= 15 is 0 Å². The minimum Gasteiger partial charge on any atom is -0.355 e. The number of carbonyl (C=O) groups is 1. The molecule has 0 bridgehead atoms. The average Bonchev–Trinajstić information content (AvgIpc) is 2.70. The van der Waals surface area contributed by atoms with E-state index in [0.717, 1.165) is 12.3 Å². The van der Waals surface area contributed by atoms with Crippen LogP contribution < -0.4 is 10.6 Å². The Labute approximate surface area is 113 Å². The van der Waals surface area contributed by atoms with Crippen LogP contribution in [0.25, 0.3) is 0 Å². The Hall–Kier alpha value is -0.710. The second-order valence-electron chi connectivity index (χ2n) is 6.21. The van der Waals surface area contributed by atoms with E-state index < -0.39 is 12.0 Å². The van der Waals surface area contributed by atoms with Gasteiger partial charge < -0.3 is 5.32 Å². The van der Waals surface area contributed by atoms with Crippen LogP contribution in [0.4, 0.5) is 8.78 Å². The molecule has 0 aromatic carbocycles. The van der Waals surface area contributed by atoms with Crippen molar-refractivity contribution in [3.63, 3.8) is 0 Å². The summed E-state index contributed by atoms with van der Waals surface area (Å²) in [6.07, 6.45) is 5.65. The van der Waals surface area contributed by atoms with E-state index in [2.05, 4.69) is 17.6 Å². The lowest BCUT2D eigenvalue weighted by Crippen LogP contribution is -2.41. The largest absolute Gasteiger partial charge is 0.355 e. The van der Waals surface area contributed by atoms with E-state index in [4.69, 9.17) is 0 Å². The summed E-state index contributed by atoms with van der Waals surface area (Å²) < 4.78 is 25.9. The molecular formula is C14H24F2N2O. The first kappa shape index (κ1) is 14.7. The van der Waals surface area contributed by atoms with Gasteiger partial charge in [-0.05, 0) is 24.7 Å². The van der Waals surface area contributed by atoms with Gasteiger partial charge >= 0.3 is 0 Å². The van der Waals surface area contributed by atoms with Crippen LogP contribution in [-0.4, -0.2) is 31.0 Å². The Bertz CT molecular complexity index is 323. The van der Waals surface area contributed by atoms with Gasteiger partial charge in [-0.3, -0.25) is 10.1 Å². The van der Waals surface area contributed by atoms with Crippen LogP contribution in [0.5, 0.6) is 0 Å². The van der Waals surface area contributed by atoms with Crippen molar-refractivity contribution in [2.24, 2.45) is 11.8 Å². The third-order valence-electron chi connectivity index (χ3n) is 4.32. The summed E-state index contributed by atoms with van der Waals surface area (Å²) in [6, 6.07) is -0.722. The van der Waals surface area contributed by atoms with Gasteiger partial charge in [0.1, 0.15) is 0 Å². The first-order chi connectivity index (χ1) is 8.96. The van der Waals surface area contributed by atoms with E-state index in [1.54, 1.807) is 0 Å². The summed E-state index contributed by atoms with van der Waals surface area (Å²) in [4.78, 5) is 11.7. The SMILES string of the molecule is CC1CCCC(CCNC(=O)C2CC(F)(F)CN2)C1. The molecule has 0 radical (unpaired) electrons. The molecule has 0 spiro atoms. The number of alkyl halides is 2. The lowest BCUT2D eigenvalue weighted by Gasteiger charge is -2.26. The van der Waals surface area contributed by atoms with Gasteiger partial charge in [0, 0.05) is 13.0 Å². The molecule has 2 rings (SSSR count). The molecule has 1 aliphatic carbocycles. The molecule has 2 aliphatic rings. The van der Waals surface area contributed by atoms with Crippen LogP contribution in [0.15, 0.2) is 0 Å². The second-order valence-corrected chi connectivity index (χ2v) is 6.21. The molecule has 0 aromatic heterocycles. The van der Waals surface area contributed by atoms with Gasteiger partial charge in [0.25, 0.3) is 5.92 Å². The first-order valence-electron chi connectivity index (χ1n) is 7.35. The third kappa shape index (κ3) is 4.41. The summed E-state index contributed by atoms with van der Waals surface area (Å²) in [7, 11) is 0. The predicted molar refractivity (Wildman–Crippen MR) is 70.1 cm³/mol. The van der Waals surface area contributed by atoms with Crippen molar-refractivity contribution < 1.29 is 13.6 Å². The molecule has 0 aromatic rings. The number of halogens is 2. The van der Waals surface area contributed by atoms with Gasteiger partial charge in [0.15, 0.2) is 0 Å². The van der Waals surface area contributed by atoms with Crippen LogP contribution in [0.2, 0.25) is 0 Å². The standard InChI is InChI=1S/C14H24F2N2O/c1-10-3-2-4-11(7-10)5-6-17-13(19)12-8-14(15,16)9-18-12/h10-12,18H,2-9H2,1H3,(H,17,19).